The molecule has 1 aliphatic rings. The van der Waals surface area contributed by atoms with Crippen LogP contribution in [0.1, 0.15) is 24.5 Å². The molecule has 0 unspecified atom stereocenters. The summed E-state index contributed by atoms with van der Waals surface area (Å²) in [5.41, 5.74) is 3.57. The van der Waals surface area contributed by atoms with E-state index in [2.05, 4.69) is 4.98 Å². The van der Waals surface area contributed by atoms with E-state index < -0.39 is 5.82 Å². The molecule has 1 fully saturated rings. The van der Waals surface area contributed by atoms with Gasteiger partial charge in [0.1, 0.15) is 11.6 Å². The number of fused-ring (bicyclic) bond motifs is 3. The average Bonchev–Trinajstić information content (AvgIpc) is 3.03. The van der Waals surface area contributed by atoms with E-state index in [0.717, 1.165) is 24.1 Å². The molecule has 3 heterocycles. The Bertz CT molecular complexity index is 1290. The van der Waals surface area contributed by atoms with Gasteiger partial charge >= 0.3 is 5.69 Å². The Morgan fingerprint density at radius 1 is 1.21 bits per heavy atom. The number of aryl methyl sites for hydroxylation is 1. The molecule has 2 N–H and O–H groups in total. The molecule has 2 aromatic carbocycles. The molecule has 4 aromatic rings. The monoisotopic (exact) mass is 393 g/mol. The van der Waals surface area contributed by atoms with Crippen LogP contribution in [0.5, 0.6) is 5.75 Å². The summed E-state index contributed by atoms with van der Waals surface area (Å²) in [6.07, 6.45) is 1.64. The number of H-pyrrole nitrogens is 1. The van der Waals surface area contributed by atoms with Gasteiger partial charge in [-0.3, -0.25) is 9.55 Å². The van der Waals surface area contributed by atoms with Crippen LogP contribution in [0.4, 0.5) is 4.39 Å². The molecule has 0 saturated carbocycles. The van der Waals surface area contributed by atoms with Crippen molar-refractivity contribution in [3.63, 3.8) is 0 Å². The number of hydrogen-bond acceptors (Lipinski definition) is 4. The Morgan fingerprint density at radius 2 is 1.93 bits per heavy atom. The fourth-order valence-corrected chi connectivity index (χ4v) is 4.17. The van der Waals surface area contributed by atoms with Crippen LogP contribution >= 0.6 is 0 Å². The average molecular weight is 393 g/mol. The standard InChI is InChI=1S/C22H20FN3O3/c1-26-21-19(13-6-8-29-9-7-13)24-18-11-17(23)15(12-2-4-14(27)5-3-12)10-16(18)20(21)25-22(26)28/h2-5,10-11,13,27H,6-9H2,1H3,(H,25,28). The molecule has 0 atom stereocenters. The van der Waals surface area contributed by atoms with Crippen molar-refractivity contribution in [2.75, 3.05) is 13.2 Å². The highest BCUT2D eigenvalue weighted by Crippen LogP contribution is 2.36. The van der Waals surface area contributed by atoms with Crippen LogP contribution in [-0.2, 0) is 11.8 Å². The number of rotatable bonds is 2. The van der Waals surface area contributed by atoms with Gasteiger partial charge in [0.25, 0.3) is 0 Å². The third-order valence-electron chi connectivity index (χ3n) is 5.73. The molecule has 0 aliphatic carbocycles. The summed E-state index contributed by atoms with van der Waals surface area (Å²) in [6, 6.07) is 9.50. The summed E-state index contributed by atoms with van der Waals surface area (Å²) in [5, 5.41) is 10.2. The van der Waals surface area contributed by atoms with E-state index in [1.54, 1.807) is 29.8 Å². The van der Waals surface area contributed by atoms with Gasteiger partial charge in [-0.25, -0.2) is 9.18 Å². The molecule has 6 nitrogen and oxygen atoms in total. The van der Waals surface area contributed by atoms with Gasteiger partial charge in [-0.15, -0.1) is 0 Å². The van der Waals surface area contributed by atoms with Crippen molar-refractivity contribution in [2.45, 2.75) is 18.8 Å². The SMILES string of the molecule is Cn1c(=O)[nH]c2c3cc(-c4ccc(O)cc4)c(F)cc3nc(C3CCOCC3)c21. The summed E-state index contributed by atoms with van der Waals surface area (Å²) in [6.45, 7) is 1.30. The van der Waals surface area contributed by atoms with Crippen molar-refractivity contribution in [3.8, 4) is 16.9 Å². The van der Waals surface area contributed by atoms with Crippen molar-refractivity contribution in [1.29, 1.82) is 0 Å². The Kier molecular flexibility index (Phi) is 4.13. The minimum Gasteiger partial charge on any atom is -0.508 e. The second kappa shape index (κ2) is 6.70. The van der Waals surface area contributed by atoms with Crippen molar-refractivity contribution in [1.82, 2.24) is 14.5 Å². The zero-order chi connectivity index (χ0) is 20.1. The molecular formula is C22H20FN3O3. The van der Waals surface area contributed by atoms with Crippen molar-refractivity contribution < 1.29 is 14.2 Å². The fourth-order valence-electron chi connectivity index (χ4n) is 4.17. The smallest absolute Gasteiger partial charge is 0.326 e. The van der Waals surface area contributed by atoms with Gasteiger partial charge in [-0.1, -0.05) is 12.1 Å². The first kappa shape index (κ1) is 17.9. The number of pyridine rings is 1. The molecule has 148 valence electrons. The molecule has 1 aliphatic heterocycles. The lowest BCUT2D eigenvalue weighted by atomic mass is 9.93. The van der Waals surface area contributed by atoms with E-state index in [4.69, 9.17) is 9.72 Å². The molecule has 0 amide bonds. The lowest BCUT2D eigenvalue weighted by Gasteiger charge is -2.23. The molecule has 5 rings (SSSR count). The Hall–Kier alpha value is -3.19. The maximum atomic E-state index is 15.0. The van der Waals surface area contributed by atoms with Crippen LogP contribution in [0, 0.1) is 5.82 Å². The van der Waals surface area contributed by atoms with Crippen LogP contribution in [0.15, 0.2) is 41.2 Å². The highest BCUT2D eigenvalue weighted by atomic mass is 19.1. The zero-order valence-corrected chi connectivity index (χ0v) is 15.9. The summed E-state index contributed by atoms with van der Waals surface area (Å²) in [5.74, 6) is -0.115. The second-order valence-corrected chi connectivity index (χ2v) is 7.49. The highest BCUT2D eigenvalue weighted by Gasteiger charge is 2.24. The Labute approximate surface area is 165 Å². The lowest BCUT2D eigenvalue weighted by Crippen LogP contribution is -2.17. The van der Waals surface area contributed by atoms with Crippen LogP contribution in [0.2, 0.25) is 0 Å². The number of benzene rings is 2. The first-order chi connectivity index (χ1) is 14.0. The summed E-state index contributed by atoms with van der Waals surface area (Å²) in [7, 11) is 1.72. The van der Waals surface area contributed by atoms with Crippen LogP contribution < -0.4 is 5.69 Å². The quantitative estimate of drug-likeness (QED) is 0.543. The number of ether oxygens (including phenoxy) is 1. The molecule has 7 heteroatoms. The van der Waals surface area contributed by atoms with Crippen molar-refractivity contribution >= 4 is 21.9 Å². The summed E-state index contributed by atoms with van der Waals surface area (Å²) < 4.78 is 22.0. The van der Waals surface area contributed by atoms with Gasteiger partial charge in [0, 0.05) is 43.2 Å². The van der Waals surface area contributed by atoms with E-state index >= 15 is 0 Å². The molecule has 29 heavy (non-hydrogen) atoms. The number of aromatic amines is 1. The molecule has 0 bridgehead atoms. The van der Waals surface area contributed by atoms with E-state index in [9.17, 15) is 14.3 Å². The van der Waals surface area contributed by atoms with Crippen molar-refractivity contribution in [2.24, 2.45) is 7.05 Å². The zero-order valence-electron chi connectivity index (χ0n) is 15.9. The van der Waals surface area contributed by atoms with E-state index in [1.807, 2.05) is 0 Å². The number of phenols is 1. The maximum absolute atomic E-state index is 15.0. The van der Waals surface area contributed by atoms with Gasteiger partial charge in [-0.2, -0.15) is 0 Å². The van der Waals surface area contributed by atoms with Crippen LogP contribution in [0.3, 0.4) is 0 Å². The predicted molar refractivity (Wildman–Crippen MR) is 109 cm³/mol. The highest BCUT2D eigenvalue weighted by molar-refractivity contribution is 6.05. The number of nitrogens with one attached hydrogen (secondary N) is 1. The van der Waals surface area contributed by atoms with Gasteiger partial charge in [-0.05, 0) is 36.6 Å². The van der Waals surface area contributed by atoms with E-state index in [1.165, 1.54) is 18.2 Å². The first-order valence-electron chi connectivity index (χ1n) is 9.62. The number of halogens is 1. The molecular weight excluding hydrogens is 373 g/mol. The topological polar surface area (TPSA) is 80.1 Å². The maximum Gasteiger partial charge on any atom is 0.326 e. The summed E-state index contributed by atoms with van der Waals surface area (Å²) in [4.78, 5) is 20.2. The number of nitrogens with zero attached hydrogens (tertiary/aromatic N) is 2. The minimum absolute atomic E-state index is 0.118. The fraction of sp³-hybridized carbons (Fsp3) is 0.273. The first-order valence-corrected chi connectivity index (χ1v) is 9.62. The Morgan fingerprint density at radius 3 is 2.66 bits per heavy atom. The molecule has 0 spiro atoms. The predicted octanol–water partition coefficient (Wildman–Crippen LogP) is 3.82. The number of imidazole rings is 1. The number of aromatic nitrogens is 3. The van der Waals surface area contributed by atoms with Crippen LogP contribution in [0.25, 0.3) is 33.1 Å². The van der Waals surface area contributed by atoms with Gasteiger partial charge < -0.3 is 14.8 Å². The normalized spacial score (nSPS) is 15.4. The number of aromatic hydroxyl groups is 1. The van der Waals surface area contributed by atoms with Gasteiger partial charge in [0.2, 0.25) is 0 Å². The Balaban J connectivity index is 1.80. The third-order valence-corrected chi connectivity index (χ3v) is 5.73. The largest absolute Gasteiger partial charge is 0.508 e. The molecule has 2 aromatic heterocycles. The number of phenolic OH excluding ortho intramolecular Hbond substituents is 1. The lowest BCUT2D eigenvalue weighted by molar-refractivity contribution is 0.0848. The second-order valence-electron chi connectivity index (χ2n) is 7.49. The number of hydrogen-bond donors (Lipinski definition) is 2. The van der Waals surface area contributed by atoms with E-state index in [-0.39, 0.29) is 17.4 Å². The molecule has 0 radical (unpaired) electrons. The van der Waals surface area contributed by atoms with Gasteiger partial charge in [0.05, 0.1) is 22.2 Å². The third kappa shape index (κ3) is 2.89. The van der Waals surface area contributed by atoms with Gasteiger partial charge in [0.15, 0.2) is 0 Å². The molecule has 1 saturated heterocycles. The summed E-state index contributed by atoms with van der Waals surface area (Å²) >= 11 is 0. The van der Waals surface area contributed by atoms with Crippen molar-refractivity contribution in [3.05, 3.63) is 58.4 Å². The van der Waals surface area contributed by atoms with Crippen LogP contribution in [-0.4, -0.2) is 32.9 Å². The van der Waals surface area contributed by atoms with E-state index in [0.29, 0.717) is 40.8 Å². The minimum atomic E-state index is -0.397.